The second-order valence-corrected chi connectivity index (χ2v) is 25.4. The minimum Gasteiger partial charge on any atom is -0.445 e. The number of carbonyl (C=O) groups excluding carboxylic acids is 4. The van der Waals surface area contributed by atoms with Crippen LogP contribution in [0.3, 0.4) is 0 Å². The lowest BCUT2D eigenvalue weighted by Crippen LogP contribution is -2.64. The molecule has 0 fully saturated rings. The summed E-state index contributed by atoms with van der Waals surface area (Å²) >= 11 is 0. The van der Waals surface area contributed by atoms with Crippen LogP contribution in [0, 0.1) is 0 Å². The summed E-state index contributed by atoms with van der Waals surface area (Å²) in [5, 5.41) is 11.7. The monoisotopic (exact) mass is 704 g/mol. The molecule has 2 atom stereocenters. The summed E-state index contributed by atoms with van der Waals surface area (Å²) in [6.07, 6.45) is 1.86. The van der Waals surface area contributed by atoms with Crippen molar-refractivity contribution in [2.24, 2.45) is 0 Å². The molecule has 9 nitrogen and oxygen atoms in total. The van der Waals surface area contributed by atoms with Crippen molar-refractivity contribution in [3.63, 3.8) is 0 Å². The predicted molar refractivity (Wildman–Crippen MR) is 203 cm³/mol. The van der Waals surface area contributed by atoms with Gasteiger partial charge in [-0.3, -0.25) is 14.4 Å². The van der Waals surface area contributed by atoms with Crippen LogP contribution in [0.1, 0.15) is 100 Å². The van der Waals surface area contributed by atoms with E-state index in [1.807, 2.05) is 44.2 Å². The third-order valence-corrected chi connectivity index (χ3v) is 22.9. The van der Waals surface area contributed by atoms with Crippen LogP contribution in [0.5, 0.6) is 0 Å². The molecule has 0 bridgehead atoms. The average molecular weight is 705 g/mol. The molecule has 0 saturated heterocycles. The first-order valence-corrected chi connectivity index (χ1v) is 24.3. The van der Waals surface area contributed by atoms with Gasteiger partial charge in [-0.05, 0) is 46.1 Å². The predicted octanol–water partition coefficient (Wildman–Crippen LogP) is 7.76. The Balaban J connectivity index is 3.40. The molecule has 0 aliphatic carbocycles. The Labute approximate surface area is 293 Å². The fourth-order valence-corrected chi connectivity index (χ4v) is 13.8. The van der Waals surface area contributed by atoms with Crippen LogP contribution in [0.15, 0.2) is 30.3 Å². The zero-order valence-electron chi connectivity index (χ0n) is 31.9. The second-order valence-electron chi connectivity index (χ2n) is 14.2. The second kappa shape index (κ2) is 21.4. The van der Waals surface area contributed by atoms with Crippen LogP contribution in [0.25, 0.3) is 0 Å². The number of carbonyl (C=O) groups is 4. The quantitative estimate of drug-likeness (QED) is 0.0867. The summed E-state index contributed by atoms with van der Waals surface area (Å²) in [5.74, 6) is -1.05. The lowest BCUT2D eigenvalue weighted by atomic mass is 9.86. The maximum Gasteiger partial charge on any atom is 0.408 e. The highest BCUT2D eigenvalue weighted by Crippen LogP contribution is 2.33. The summed E-state index contributed by atoms with van der Waals surface area (Å²) in [5.41, 5.74) is -0.384. The van der Waals surface area contributed by atoms with Gasteiger partial charge in [-0.1, -0.05) is 133 Å². The zero-order valence-corrected chi connectivity index (χ0v) is 33.9. The Hall–Kier alpha value is -2.67. The number of nitrogens with one attached hydrogen (secondary N) is 4. The minimum atomic E-state index is -1.49. The molecule has 1 rings (SSSR count). The molecule has 0 heterocycles. The molecule has 0 aromatic heterocycles. The molecular weight excluding hydrogens is 637 g/mol. The van der Waals surface area contributed by atoms with E-state index in [1.54, 1.807) is 13.8 Å². The third kappa shape index (κ3) is 13.7. The van der Waals surface area contributed by atoms with Crippen molar-refractivity contribution in [1.82, 2.24) is 21.3 Å². The van der Waals surface area contributed by atoms with Crippen molar-refractivity contribution in [2.45, 2.75) is 174 Å². The first-order chi connectivity index (χ1) is 22.7. The Morgan fingerprint density at radius 3 is 1.56 bits per heavy atom. The normalized spacial score (nSPS) is 13.4. The van der Waals surface area contributed by atoms with Gasteiger partial charge in [0.05, 0.1) is 16.1 Å². The van der Waals surface area contributed by atoms with Gasteiger partial charge in [-0.2, -0.15) is 0 Å². The first-order valence-electron chi connectivity index (χ1n) is 18.6. The van der Waals surface area contributed by atoms with Crippen molar-refractivity contribution in [2.75, 3.05) is 0 Å². The van der Waals surface area contributed by atoms with E-state index in [0.29, 0.717) is 12.8 Å². The van der Waals surface area contributed by atoms with E-state index in [-0.39, 0.29) is 24.5 Å². The van der Waals surface area contributed by atoms with Crippen molar-refractivity contribution in [1.29, 1.82) is 0 Å². The number of amides is 4. The van der Waals surface area contributed by atoms with E-state index in [0.717, 1.165) is 30.5 Å². The third-order valence-electron chi connectivity index (χ3n) is 11.0. The molecule has 274 valence electrons. The molecule has 1 aromatic carbocycles. The van der Waals surface area contributed by atoms with Crippen LogP contribution < -0.4 is 21.3 Å². The molecule has 48 heavy (non-hydrogen) atoms. The van der Waals surface area contributed by atoms with E-state index in [4.69, 9.17) is 4.74 Å². The number of hydrogen-bond donors (Lipinski definition) is 4. The van der Waals surface area contributed by atoms with Crippen molar-refractivity contribution >= 4 is 40.0 Å². The topological polar surface area (TPSA) is 126 Å². The highest BCUT2D eigenvalue weighted by molar-refractivity contribution is 6.80. The van der Waals surface area contributed by atoms with Crippen LogP contribution in [0.2, 0.25) is 48.4 Å². The average Bonchev–Trinajstić information content (AvgIpc) is 3.08. The maximum atomic E-state index is 14.4. The van der Waals surface area contributed by atoms with Crippen LogP contribution in [-0.4, -0.2) is 63.6 Å². The van der Waals surface area contributed by atoms with Gasteiger partial charge < -0.3 is 26.0 Å². The highest BCUT2D eigenvalue weighted by atomic mass is 28.3. The summed E-state index contributed by atoms with van der Waals surface area (Å²) < 4.78 is 5.37. The molecule has 0 saturated carbocycles. The van der Waals surface area contributed by atoms with E-state index in [2.05, 4.69) is 62.8 Å². The summed E-state index contributed by atoms with van der Waals surface area (Å²) in [6, 6.07) is 16.8. The summed E-state index contributed by atoms with van der Waals surface area (Å²) in [6.45, 7) is 20.8. The fourth-order valence-electron chi connectivity index (χ4n) is 6.79. The maximum absolute atomic E-state index is 14.4. The molecule has 11 heteroatoms. The molecule has 0 radical (unpaired) electrons. The van der Waals surface area contributed by atoms with Gasteiger partial charge in [0.1, 0.15) is 24.2 Å². The van der Waals surface area contributed by atoms with Crippen molar-refractivity contribution in [3.8, 4) is 0 Å². The molecule has 0 aliphatic heterocycles. The summed E-state index contributed by atoms with van der Waals surface area (Å²) in [4.78, 5) is 53.9. The Morgan fingerprint density at radius 1 is 0.667 bits per heavy atom. The van der Waals surface area contributed by atoms with E-state index in [9.17, 15) is 19.2 Å². The Morgan fingerprint density at radius 2 is 1.12 bits per heavy atom. The zero-order chi connectivity index (χ0) is 36.4. The van der Waals surface area contributed by atoms with Crippen LogP contribution in [0.4, 0.5) is 4.79 Å². The van der Waals surface area contributed by atoms with Gasteiger partial charge in [-0.15, -0.1) is 0 Å². The fraction of sp³-hybridized carbons (Fsp3) is 0.730. The number of ether oxygens (including phenoxy) is 1. The molecule has 0 spiro atoms. The first kappa shape index (κ1) is 43.4. The molecule has 0 unspecified atom stereocenters. The smallest absolute Gasteiger partial charge is 0.408 e. The van der Waals surface area contributed by atoms with Gasteiger partial charge in [0.2, 0.25) is 17.7 Å². The SMILES string of the molecule is CC[Si](CC)(CC)CCCC(CCC[Si](CC)(CC)CC)(NC(=O)[C@H](C)NC(=O)OCc1ccccc1)C(=O)N[C@@H](C)C(=O)NC(C)C. The Kier molecular flexibility index (Phi) is 19.4. The van der Waals surface area contributed by atoms with Gasteiger partial charge in [0.15, 0.2) is 0 Å². The van der Waals surface area contributed by atoms with Crippen molar-refractivity contribution in [3.05, 3.63) is 35.9 Å². The van der Waals surface area contributed by atoms with Crippen LogP contribution >= 0.6 is 0 Å². The molecule has 0 aliphatic rings. The van der Waals surface area contributed by atoms with Crippen molar-refractivity contribution < 1.29 is 23.9 Å². The van der Waals surface area contributed by atoms with E-state index < -0.39 is 45.8 Å². The Bertz CT molecular complexity index is 1080. The number of benzene rings is 1. The van der Waals surface area contributed by atoms with Gasteiger partial charge >= 0.3 is 6.09 Å². The molecule has 1 aromatic rings. The number of rotatable bonds is 23. The molecular formula is C37H68N4O5Si2. The summed E-state index contributed by atoms with van der Waals surface area (Å²) in [7, 11) is -2.99. The minimum absolute atomic E-state index is 0.0692. The van der Waals surface area contributed by atoms with Gasteiger partial charge in [0, 0.05) is 6.04 Å². The molecule has 4 N–H and O–H groups in total. The van der Waals surface area contributed by atoms with E-state index in [1.165, 1.54) is 36.3 Å². The standard InChI is InChI=1S/C37H68N4O5Si2/c1-11-47(12-2,13-3)26-20-24-37(25-21-27-48(14-4,15-5)16-6,35(44)39-30(9)33(42)38-29(7)8)41-34(43)31(10)40-36(45)46-28-32-22-18-17-19-23-32/h17-19,22-23,29-31H,11-16,20-21,24-28H2,1-10H3,(H,38,42)(H,39,44)(H,40,45)(H,41,43)/t30-,31-/m0/s1. The lowest BCUT2D eigenvalue weighted by molar-refractivity contribution is -0.137. The van der Waals surface area contributed by atoms with Gasteiger partial charge in [-0.25, -0.2) is 4.79 Å². The number of hydrogen-bond acceptors (Lipinski definition) is 5. The van der Waals surface area contributed by atoms with E-state index >= 15 is 0 Å². The van der Waals surface area contributed by atoms with Gasteiger partial charge in [0.25, 0.3) is 0 Å². The number of alkyl carbamates (subject to hydrolysis) is 1. The molecule has 4 amide bonds. The van der Waals surface area contributed by atoms with Crippen LogP contribution in [-0.2, 0) is 25.7 Å². The highest BCUT2D eigenvalue weighted by Gasteiger charge is 2.42. The largest absolute Gasteiger partial charge is 0.445 e. The lowest BCUT2D eigenvalue weighted by Gasteiger charge is -2.38.